The van der Waals surface area contributed by atoms with Gasteiger partial charge in [0.05, 0.1) is 21.0 Å². The maximum absolute atomic E-state index is 12.7. The zero-order chi connectivity index (χ0) is 19.9. The fourth-order valence-electron chi connectivity index (χ4n) is 2.41. The number of carboxylic acids is 1. The summed E-state index contributed by atoms with van der Waals surface area (Å²) >= 11 is 0. The largest absolute Gasteiger partial charge is 0.478 e. The predicted molar refractivity (Wildman–Crippen MR) is 96.2 cm³/mol. The van der Waals surface area contributed by atoms with Crippen LogP contribution in [0, 0.1) is 20.8 Å². The molecule has 140 valence electrons. The van der Waals surface area contributed by atoms with Crippen LogP contribution in [-0.4, -0.2) is 27.9 Å². The van der Waals surface area contributed by atoms with Crippen LogP contribution in [0.4, 0.5) is 5.69 Å². The first-order valence-electron chi connectivity index (χ1n) is 7.34. The number of carboxylic acid groups (broad SMARTS) is 1. The first-order valence-corrected chi connectivity index (χ1v) is 10.4. The number of rotatable bonds is 5. The Balaban J connectivity index is 2.56. The number of nitrogens with one attached hydrogen (secondary N) is 1. The molecule has 4 N–H and O–H groups in total. The van der Waals surface area contributed by atoms with Crippen molar-refractivity contribution in [3.63, 3.8) is 0 Å². The molecule has 10 heteroatoms. The normalized spacial score (nSPS) is 12.0. The molecule has 0 radical (unpaired) electrons. The molecule has 0 spiro atoms. The van der Waals surface area contributed by atoms with Gasteiger partial charge in [-0.2, -0.15) is 0 Å². The highest BCUT2D eigenvalue weighted by molar-refractivity contribution is 7.92. The third-order valence-corrected chi connectivity index (χ3v) is 6.46. The van der Waals surface area contributed by atoms with E-state index >= 15 is 0 Å². The molecule has 2 aromatic rings. The Morgan fingerprint density at radius 3 is 2.12 bits per heavy atom. The molecule has 0 bridgehead atoms. The molecule has 0 aromatic heterocycles. The highest BCUT2D eigenvalue weighted by atomic mass is 32.2. The van der Waals surface area contributed by atoms with Gasteiger partial charge in [-0.1, -0.05) is 6.07 Å². The quantitative estimate of drug-likeness (QED) is 0.700. The molecular weight excluding hydrogens is 380 g/mol. The van der Waals surface area contributed by atoms with Crippen molar-refractivity contribution in [2.45, 2.75) is 30.6 Å². The lowest BCUT2D eigenvalue weighted by Gasteiger charge is -2.14. The summed E-state index contributed by atoms with van der Waals surface area (Å²) in [6.07, 6.45) is 0. The number of hydrogen-bond acceptors (Lipinski definition) is 5. The molecule has 0 amide bonds. The molecule has 0 saturated heterocycles. The molecule has 0 aliphatic carbocycles. The van der Waals surface area contributed by atoms with E-state index in [1.807, 2.05) is 0 Å². The van der Waals surface area contributed by atoms with E-state index in [0.29, 0.717) is 16.7 Å². The molecule has 0 aliphatic heterocycles. The van der Waals surface area contributed by atoms with Crippen molar-refractivity contribution < 1.29 is 26.7 Å². The molecule has 8 nitrogen and oxygen atoms in total. The summed E-state index contributed by atoms with van der Waals surface area (Å²) in [5, 5.41) is 14.3. The Hall–Kier alpha value is -2.43. The monoisotopic (exact) mass is 398 g/mol. The molecule has 0 atom stereocenters. The molecular formula is C16H18N2O6S2. The van der Waals surface area contributed by atoms with Gasteiger partial charge in [0.15, 0.2) is 0 Å². The maximum Gasteiger partial charge on any atom is 0.335 e. The summed E-state index contributed by atoms with van der Waals surface area (Å²) in [5.41, 5.74) is 1.09. The minimum absolute atomic E-state index is 0.00240. The lowest BCUT2D eigenvalue weighted by Crippen LogP contribution is -2.18. The highest BCUT2D eigenvalue weighted by Crippen LogP contribution is 2.25. The predicted octanol–water partition coefficient (Wildman–Crippen LogP) is 1.76. The van der Waals surface area contributed by atoms with Gasteiger partial charge in [0, 0.05) is 0 Å². The number of aromatic carboxylic acids is 1. The van der Waals surface area contributed by atoms with Gasteiger partial charge in [-0.15, -0.1) is 0 Å². The van der Waals surface area contributed by atoms with E-state index in [9.17, 15) is 21.6 Å². The van der Waals surface area contributed by atoms with Crippen LogP contribution in [0.1, 0.15) is 27.0 Å². The second-order valence-electron chi connectivity index (χ2n) is 5.85. The molecule has 0 fully saturated rings. The topological polar surface area (TPSA) is 144 Å². The van der Waals surface area contributed by atoms with E-state index in [-0.39, 0.29) is 21.0 Å². The van der Waals surface area contributed by atoms with E-state index in [4.69, 9.17) is 10.2 Å². The second kappa shape index (κ2) is 6.71. The van der Waals surface area contributed by atoms with Crippen molar-refractivity contribution in [2.24, 2.45) is 5.14 Å². The van der Waals surface area contributed by atoms with Crippen LogP contribution in [0.25, 0.3) is 0 Å². The fraction of sp³-hybridized carbons (Fsp3) is 0.188. The molecule has 2 rings (SSSR count). The molecule has 26 heavy (non-hydrogen) atoms. The summed E-state index contributed by atoms with van der Waals surface area (Å²) in [6.45, 7) is 4.69. The first kappa shape index (κ1) is 19.9. The Kier molecular flexibility index (Phi) is 5.13. The lowest BCUT2D eigenvalue weighted by molar-refractivity contribution is 0.0696. The molecule has 0 heterocycles. The van der Waals surface area contributed by atoms with Gasteiger partial charge in [-0.3, -0.25) is 4.72 Å². The number of sulfonamides is 2. The minimum atomic E-state index is -4.15. The number of hydrogen-bond donors (Lipinski definition) is 3. The van der Waals surface area contributed by atoms with Gasteiger partial charge in [-0.25, -0.2) is 26.8 Å². The standard InChI is InChI=1S/C16H18N2O6S2/c1-9-4-5-13(8-14(9)25(17,21)22)18-26(23,24)15-7-12(16(19)20)6-10(2)11(15)3/h4-8,18H,1-3H3,(H,19,20)(H2,17,21,22). The zero-order valence-electron chi connectivity index (χ0n) is 14.3. The Morgan fingerprint density at radius 1 is 0.962 bits per heavy atom. The van der Waals surface area contributed by atoms with Crippen molar-refractivity contribution in [2.75, 3.05) is 4.72 Å². The molecule has 0 unspecified atom stereocenters. The average Bonchev–Trinajstić information content (AvgIpc) is 2.50. The summed E-state index contributed by atoms with van der Waals surface area (Å²) in [7, 11) is -8.17. The highest BCUT2D eigenvalue weighted by Gasteiger charge is 2.22. The molecule has 2 aromatic carbocycles. The Morgan fingerprint density at radius 2 is 1.58 bits per heavy atom. The van der Waals surface area contributed by atoms with Gasteiger partial charge < -0.3 is 5.11 Å². The number of anilines is 1. The van der Waals surface area contributed by atoms with Crippen LogP contribution in [0.3, 0.4) is 0 Å². The van der Waals surface area contributed by atoms with Gasteiger partial charge in [0.25, 0.3) is 10.0 Å². The van der Waals surface area contributed by atoms with Crippen LogP contribution in [0.5, 0.6) is 0 Å². The van der Waals surface area contributed by atoms with Crippen LogP contribution < -0.4 is 9.86 Å². The molecule has 0 saturated carbocycles. The smallest absolute Gasteiger partial charge is 0.335 e. The number of aryl methyl sites for hydroxylation is 2. The van der Waals surface area contributed by atoms with Crippen molar-refractivity contribution in [1.29, 1.82) is 0 Å². The van der Waals surface area contributed by atoms with Gasteiger partial charge in [0.1, 0.15) is 0 Å². The van der Waals surface area contributed by atoms with Crippen LogP contribution >= 0.6 is 0 Å². The average molecular weight is 398 g/mol. The van der Waals surface area contributed by atoms with Gasteiger partial charge in [0.2, 0.25) is 10.0 Å². The van der Waals surface area contributed by atoms with Crippen molar-refractivity contribution >= 4 is 31.7 Å². The van der Waals surface area contributed by atoms with Crippen LogP contribution in [0.2, 0.25) is 0 Å². The van der Waals surface area contributed by atoms with Crippen molar-refractivity contribution in [3.8, 4) is 0 Å². The van der Waals surface area contributed by atoms with E-state index in [1.165, 1.54) is 25.1 Å². The fourth-order valence-corrected chi connectivity index (χ4v) is 4.61. The summed E-state index contributed by atoms with van der Waals surface area (Å²) in [5.74, 6) is -1.25. The minimum Gasteiger partial charge on any atom is -0.478 e. The van der Waals surface area contributed by atoms with E-state index in [1.54, 1.807) is 13.8 Å². The number of carbonyl (C=O) groups is 1. The number of benzene rings is 2. The maximum atomic E-state index is 12.7. The van der Waals surface area contributed by atoms with Gasteiger partial charge >= 0.3 is 5.97 Å². The van der Waals surface area contributed by atoms with Crippen molar-refractivity contribution in [1.82, 2.24) is 0 Å². The summed E-state index contributed by atoms with van der Waals surface area (Å²) < 4.78 is 50.9. The SMILES string of the molecule is Cc1ccc(NS(=O)(=O)c2cc(C(=O)O)cc(C)c2C)cc1S(N)(=O)=O. The van der Waals surface area contributed by atoms with Crippen LogP contribution in [0.15, 0.2) is 40.1 Å². The third kappa shape index (κ3) is 4.03. The first-order chi connectivity index (χ1) is 11.8. The summed E-state index contributed by atoms with van der Waals surface area (Å²) in [6, 6.07) is 6.36. The van der Waals surface area contributed by atoms with E-state index < -0.39 is 26.0 Å². The summed E-state index contributed by atoms with van der Waals surface area (Å²) in [4.78, 5) is 10.8. The van der Waals surface area contributed by atoms with Gasteiger partial charge in [-0.05, 0) is 61.7 Å². The Bertz CT molecular complexity index is 1110. The van der Waals surface area contributed by atoms with Crippen molar-refractivity contribution in [3.05, 3.63) is 52.6 Å². The number of nitrogens with two attached hydrogens (primary N) is 1. The lowest BCUT2D eigenvalue weighted by atomic mass is 10.1. The number of primary sulfonamides is 1. The third-order valence-electron chi connectivity index (χ3n) is 3.90. The van der Waals surface area contributed by atoms with E-state index in [0.717, 1.165) is 12.1 Å². The molecule has 0 aliphatic rings. The second-order valence-corrected chi connectivity index (χ2v) is 9.03. The Labute approximate surface area is 151 Å². The van der Waals surface area contributed by atoms with Crippen LogP contribution in [-0.2, 0) is 20.0 Å². The van der Waals surface area contributed by atoms with E-state index in [2.05, 4.69) is 4.72 Å². The zero-order valence-corrected chi connectivity index (χ0v) is 15.9.